The van der Waals surface area contributed by atoms with Gasteiger partial charge in [-0.1, -0.05) is 6.58 Å². The molecule has 0 aromatic heterocycles. The number of carbonyl (C=O) groups is 2. The molecule has 1 rings (SSSR count). The lowest BCUT2D eigenvalue weighted by atomic mass is 9.99. The Morgan fingerprint density at radius 1 is 1.50 bits per heavy atom. The molecule has 78 valence electrons. The molecule has 0 aromatic carbocycles. The molecule has 0 saturated carbocycles. The summed E-state index contributed by atoms with van der Waals surface area (Å²) in [4.78, 5) is 23.5. The van der Waals surface area contributed by atoms with Gasteiger partial charge in [-0.15, -0.1) is 0 Å². The third-order valence-corrected chi connectivity index (χ3v) is 2.50. The zero-order valence-corrected chi connectivity index (χ0v) is 8.11. The number of aliphatic carboxylic acids is 1. The van der Waals surface area contributed by atoms with E-state index in [2.05, 4.69) is 6.58 Å². The minimum atomic E-state index is -0.848. The molecular formula is C10H15NO3. The summed E-state index contributed by atoms with van der Waals surface area (Å²) in [7, 11) is 0. The number of rotatable bonds is 3. The molecule has 0 radical (unpaired) electrons. The van der Waals surface area contributed by atoms with Gasteiger partial charge in [0, 0.05) is 12.6 Å². The van der Waals surface area contributed by atoms with Crippen LogP contribution in [0.4, 0.5) is 0 Å². The van der Waals surface area contributed by atoms with E-state index in [4.69, 9.17) is 5.11 Å². The number of hydrogen-bond donors (Lipinski definition) is 1. The largest absolute Gasteiger partial charge is 0.481 e. The van der Waals surface area contributed by atoms with E-state index in [-0.39, 0.29) is 18.4 Å². The molecule has 0 aliphatic carbocycles. The molecule has 0 spiro atoms. The van der Waals surface area contributed by atoms with Crippen LogP contribution >= 0.6 is 0 Å². The average molecular weight is 197 g/mol. The van der Waals surface area contributed by atoms with E-state index >= 15 is 0 Å². The van der Waals surface area contributed by atoms with E-state index in [1.54, 1.807) is 4.90 Å². The molecule has 0 unspecified atom stereocenters. The molecule has 4 heteroatoms. The molecule has 4 nitrogen and oxygen atoms in total. The van der Waals surface area contributed by atoms with Gasteiger partial charge in [0.15, 0.2) is 0 Å². The van der Waals surface area contributed by atoms with Crippen molar-refractivity contribution in [2.24, 2.45) is 0 Å². The van der Waals surface area contributed by atoms with Crippen LogP contribution in [-0.2, 0) is 9.59 Å². The van der Waals surface area contributed by atoms with Crippen molar-refractivity contribution in [2.45, 2.75) is 31.7 Å². The van der Waals surface area contributed by atoms with E-state index in [9.17, 15) is 9.59 Å². The van der Waals surface area contributed by atoms with Gasteiger partial charge in [-0.25, -0.2) is 0 Å². The smallest absolute Gasteiger partial charge is 0.305 e. The van der Waals surface area contributed by atoms with Crippen molar-refractivity contribution >= 4 is 11.9 Å². The highest BCUT2D eigenvalue weighted by Gasteiger charge is 2.26. The van der Waals surface area contributed by atoms with Crippen LogP contribution in [0.3, 0.4) is 0 Å². The second-order valence-electron chi connectivity index (χ2n) is 3.48. The first kappa shape index (κ1) is 10.8. The fourth-order valence-corrected chi connectivity index (χ4v) is 1.82. The van der Waals surface area contributed by atoms with Gasteiger partial charge in [0.05, 0.1) is 6.42 Å². The van der Waals surface area contributed by atoms with Crippen LogP contribution in [-0.4, -0.2) is 34.5 Å². The summed E-state index contributed by atoms with van der Waals surface area (Å²) >= 11 is 0. The van der Waals surface area contributed by atoms with Gasteiger partial charge in [0.25, 0.3) is 0 Å². The summed E-state index contributed by atoms with van der Waals surface area (Å²) in [6, 6.07) is -0.147. The summed E-state index contributed by atoms with van der Waals surface area (Å²) in [6.45, 7) is 4.07. The van der Waals surface area contributed by atoms with Gasteiger partial charge < -0.3 is 10.0 Å². The summed E-state index contributed by atoms with van der Waals surface area (Å²) in [6.07, 6.45) is 4.03. The maximum Gasteiger partial charge on any atom is 0.305 e. The van der Waals surface area contributed by atoms with Gasteiger partial charge in [-0.3, -0.25) is 9.59 Å². The van der Waals surface area contributed by atoms with Crippen LogP contribution < -0.4 is 0 Å². The number of carboxylic acid groups (broad SMARTS) is 1. The Bertz CT molecular complexity index is 250. The van der Waals surface area contributed by atoms with Crippen molar-refractivity contribution in [1.29, 1.82) is 0 Å². The number of carboxylic acids is 1. The van der Waals surface area contributed by atoms with Crippen LogP contribution in [0.5, 0.6) is 0 Å². The topological polar surface area (TPSA) is 57.6 Å². The maximum atomic E-state index is 11.4. The van der Waals surface area contributed by atoms with Crippen LogP contribution in [0, 0.1) is 0 Å². The van der Waals surface area contributed by atoms with Crippen molar-refractivity contribution in [1.82, 2.24) is 4.90 Å². The predicted molar refractivity (Wildman–Crippen MR) is 51.8 cm³/mol. The Labute approximate surface area is 83.2 Å². The number of nitrogens with zero attached hydrogens (tertiary/aromatic N) is 1. The molecule has 14 heavy (non-hydrogen) atoms. The third-order valence-electron chi connectivity index (χ3n) is 2.50. The lowest BCUT2D eigenvalue weighted by Crippen LogP contribution is -2.43. The van der Waals surface area contributed by atoms with E-state index in [1.807, 2.05) is 0 Å². The highest BCUT2D eigenvalue weighted by molar-refractivity contribution is 5.87. The lowest BCUT2D eigenvalue weighted by Gasteiger charge is -2.34. The number of hydrogen-bond acceptors (Lipinski definition) is 2. The van der Waals surface area contributed by atoms with E-state index in [1.165, 1.54) is 6.08 Å². The van der Waals surface area contributed by atoms with Gasteiger partial charge in [0.2, 0.25) is 5.91 Å². The molecule has 0 bridgehead atoms. The summed E-state index contributed by atoms with van der Waals surface area (Å²) in [5.74, 6) is -1.00. The summed E-state index contributed by atoms with van der Waals surface area (Å²) in [5, 5.41) is 8.67. The number of piperidine rings is 1. The molecule has 1 saturated heterocycles. The quantitative estimate of drug-likeness (QED) is 0.687. The number of amides is 1. The number of carbonyl (C=O) groups excluding carboxylic acids is 1. The van der Waals surface area contributed by atoms with E-state index in [0.29, 0.717) is 6.54 Å². The van der Waals surface area contributed by atoms with Crippen LogP contribution in [0.25, 0.3) is 0 Å². The Morgan fingerprint density at radius 3 is 2.79 bits per heavy atom. The molecule has 1 fully saturated rings. The van der Waals surface area contributed by atoms with E-state index < -0.39 is 5.97 Å². The summed E-state index contributed by atoms with van der Waals surface area (Å²) < 4.78 is 0. The fourth-order valence-electron chi connectivity index (χ4n) is 1.82. The molecule has 1 N–H and O–H groups in total. The standard InChI is InChI=1S/C10H15NO3/c1-2-9(12)11-6-4-3-5-8(11)7-10(13)14/h2,8H,1,3-7H2,(H,13,14)/t8-/m1/s1. The van der Waals surface area contributed by atoms with Gasteiger partial charge in [-0.05, 0) is 25.3 Å². The van der Waals surface area contributed by atoms with Gasteiger partial charge in [0.1, 0.15) is 0 Å². The number of likely N-dealkylation sites (tertiary alicyclic amines) is 1. The van der Waals surface area contributed by atoms with Crippen LogP contribution in [0.1, 0.15) is 25.7 Å². The highest BCUT2D eigenvalue weighted by Crippen LogP contribution is 2.19. The zero-order valence-electron chi connectivity index (χ0n) is 8.11. The molecule has 0 aromatic rings. The Balaban J connectivity index is 2.63. The first-order valence-corrected chi connectivity index (χ1v) is 4.80. The van der Waals surface area contributed by atoms with Crippen molar-refractivity contribution in [3.05, 3.63) is 12.7 Å². The average Bonchev–Trinajstić information content (AvgIpc) is 2.16. The summed E-state index contributed by atoms with van der Waals surface area (Å²) in [5.41, 5.74) is 0. The monoisotopic (exact) mass is 197 g/mol. The van der Waals surface area contributed by atoms with Gasteiger partial charge >= 0.3 is 5.97 Å². The normalized spacial score (nSPS) is 21.7. The first-order chi connectivity index (χ1) is 6.65. The highest BCUT2D eigenvalue weighted by atomic mass is 16.4. The molecule has 1 heterocycles. The molecule has 1 aliphatic heterocycles. The Kier molecular flexibility index (Phi) is 3.68. The van der Waals surface area contributed by atoms with Crippen molar-refractivity contribution in [3.63, 3.8) is 0 Å². The molecule has 1 amide bonds. The third kappa shape index (κ3) is 2.58. The second-order valence-corrected chi connectivity index (χ2v) is 3.48. The zero-order chi connectivity index (χ0) is 10.6. The van der Waals surface area contributed by atoms with Crippen LogP contribution in [0.2, 0.25) is 0 Å². The molecular weight excluding hydrogens is 182 g/mol. The minimum Gasteiger partial charge on any atom is -0.481 e. The Hall–Kier alpha value is -1.32. The lowest BCUT2D eigenvalue weighted by molar-refractivity contribution is -0.140. The SMILES string of the molecule is C=CC(=O)N1CCCC[C@@H]1CC(=O)O. The fraction of sp³-hybridized carbons (Fsp3) is 0.600. The minimum absolute atomic E-state index is 0.0412. The second kappa shape index (κ2) is 4.79. The van der Waals surface area contributed by atoms with Crippen molar-refractivity contribution in [3.8, 4) is 0 Å². The van der Waals surface area contributed by atoms with Gasteiger partial charge in [-0.2, -0.15) is 0 Å². The van der Waals surface area contributed by atoms with E-state index in [0.717, 1.165) is 19.3 Å². The molecule has 1 aliphatic rings. The van der Waals surface area contributed by atoms with Crippen molar-refractivity contribution < 1.29 is 14.7 Å². The maximum absolute atomic E-state index is 11.4. The Morgan fingerprint density at radius 2 is 2.21 bits per heavy atom. The van der Waals surface area contributed by atoms with Crippen LogP contribution in [0.15, 0.2) is 12.7 Å². The van der Waals surface area contributed by atoms with Crippen molar-refractivity contribution in [2.75, 3.05) is 6.54 Å². The predicted octanol–water partition coefficient (Wildman–Crippen LogP) is 1.03. The molecule has 1 atom stereocenters. The first-order valence-electron chi connectivity index (χ1n) is 4.80.